The first-order valence-electron chi connectivity index (χ1n) is 5.24. The second-order valence-electron chi connectivity index (χ2n) is 3.57. The quantitative estimate of drug-likeness (QED) is 0.777. The fourth-order valence-electron chi connectivity index (χ4n) is 1.43. The molecule has 3 aromatic heterocycles. The van der Waals surface area contributed by atoms with Gasteiger partial charge in [0.2, 0.25) is 0 Å². The van der Waals surface area contributed by atoms with Gasteiger partial charge in [-0.2, -0.15) is 5.10 Å². The molecule has 0 aliphatic heterocycles. The van der Waals surface area contributed by atoms with Crippen molar-refractivity contribution in [3.05, 3.63) is 39.8 Å². The summed E-state index contributed by atoms with van der Waals surface area (Å²) in [4.78, 5) is 17.2. The van der Waals surface area contributed by atoms with Crippen molar-refractivity contribution in [3.63, 3.8) is 0 Å². The molecule has 0 saturated heterocycles. The van der Waals surface area contributed by atoms with E-state index < -0.39 is 0 Å². The number of amides is 1. The number of hydrogen-bond donors (Lipinski definition) is 2. The molecular weight excluding hydrogens is 304 g/mol. The van der Waals surface area contributed by atoms with Crippen LogP contribution in [0.4, 0.5) is 5.82 Å². The molecule has 0 aromatic carbocycles. The number of carbonyl (C=O) groups is 1. The predicted molar refractivity (Wildman–Crippen MR) is 77.0 cm³/mol. The topological polar surface area (TPSA) is 70.7 Å². The lowest BCUT2D eigenvalue weighted by molar-refractivity contribution is 0.102. The summed E-state index contributed by atoms with van der Waals surface area (Å²) in [7, 11) is 0. The van der Waals surface area contributed by atoms with Crippen LogP contribution < -0.4 is 5.32 Å². The Balaban J connectivity index is 1.79. The molecule has 2 N–H and O–H groups in total. The van der Waals surface area contributed by atoms with E-state index in [2.05, 4.69) is 20.5 Å². The highest BCUT2D eigenvalue weighted by Gasteiger charge is 2.13. The van der Waals surface area contributed by atoms with Gasteiger partial charge in [-0.15, -0.1) is 22.7 Å². The third-order valence-corrected chi connectivity index (χ3v) is 4.51. The van der Waals surface area contributed by atoms with Gasteiger partial charge in [-0.05, 0) is 12.1 Å². The highest BCUT2D eigenvalue weighted by Crippen LogP contribution is 2.32. The van der Waals surface area contributed by atoms with Crippen LogP contribution in [0.1, 0.15) is 10.5 Å². The van der Waals surface area contributed by atoms with Crippen LogP contribution in [-0.4, -0.2) is 21.1 Å². The zero-order valence-electron chi connectivity index (χ0n) is 9.38. The zero-order valence-corrected chi connectivity index (χ0v) is 11.8. The molecule has 3 heterocycles. The fraction of sp³-hybridized carbons (Fsp3) is 0. The molecule has 96 valence electrons. The van der Waals surface area contributed by atoms with Crippen molar-refractivity contribution in [2.75, 3.05) is 5.32 Å². The lowest BCUT2D eigenvalue weighted by Gasteiger charge is -1.97. The van der Waals surface area contributed by atoms with Gasteiger partial charge >= 0.3 is 0 Å². The van der Waals surface area contributed by atoms with Crippen LogP contribution in [0.5, 0.6) is 0 Å². The highest BCUT2D eigenvalue weighted by molar-refractivity contribution is 7.23. The second-order valence-corrected chi connectivity index (χ2v) is 6.14. The van der Waals surface area contributed by atoms with Crippen LogP contribution in [0.25, 0.3) is 9.88 Å². The van der Waals surface area contributed by atoms with E-state index in [1.54, 1.807) is 17.6 Å². The Bertz CT molecular complexity index is 704. The summed E-state index contributed by atoms with van der Waals surface area (Å²) >= 11 is 8.73. The molecule has 3 rings (SSSR count). The van der Waals surface area contributed by atoms with E-state index in [9.17, 15) is 4.79 Å². The molecular formula is C11H7ClN4OS2. The van der Waals surface area contributed by atoms with Crippen LogP contribution in [0.2, 0.25) is 4.34 Å². The van der Waals surface area contributed by atoms with Gasteiger partial charge in [-0.1, -0.05) is 11.6 Å². The molecule has 0 aliphatic carbocycles. The minimum atomic E-state index is -0.269. The monoisotopic (exact) mass is 310 g/mol. The molecule has 0 unspecified atom stereocenters. The van der Waals surface area contributed by atoms with E-state index in [4.69, 9.17) is 11.6 Å². The molecule has 0 spiro atoms. The molecule has 0 radical (unpaired) electrons. The molecule has 3 aromatic rings. The van der Waals surface area contributed by atoms with Gasteiger partial charge in [0.05, 0.1) is 15.4 Å². The second kappa shape index (κ2) is 5.12. The van der Waals surface area contributed by atoms with Gasteiger partial charge in [-0.25, -0.2) is 4.98 Å². The summed E-state index contributed by atoms with van der Waals surface area (Å²) in [5.41, 5.74) is 0.374. The van der Waals surface area contributed by atoms with Crippen molar-refractivity contribution in [3.8, 4) is 9.88 Å². The number of halogens is 1. The lowest BCUT2D eigenvalue weighted by atomic mass is 10.4. The third-order valence-electron chi connectivity index (χ3n) is 2.27. The van der Waals surface area contributed by atoms with E-state index in [0.29, 0.717) is 15.8 Å². The van der Waals surface area contributed by atoms with Crippen LogP contribution in [0.3, 0.4) is 0 Å². The summed E-state index contributed by atoms with van der Waals surface area (Å²) in [6.45, 7) is 0. The molecule has 19 heavy (non-hydrogen) atoms. The Morgan fingerprint density at radius 2 is 2.26 bits per heavy atom. The Morgan fingerprint density at radius 1 is 1.37 bits per heavy atom. The van der Waals surface area contributed by atoms with Crippen molar-refractivity contribution < 1.29 is 4.79 Å². The first-order valence-corrected chi connectivity index (χ1v) is 7.32. The first-order chi connectivity index (χ1) is 9.22. The number of nitrogens with zero attached hydrogens (tertiary/aromatic N) is 2. The molecule has 0 atom stereocenters. The smallest absolute Gasteiger partial charge is 0.276 e. The summed E-state index contributed by atoms with van der Waals surface area (Å²) < 4.78 is 0.702. The Kier molecular flexibility index (Phi) is 3.33. The van der Waals surface area contributed by atoms with E-state index in [-0.39, 0.29) is 5.91 Å². The SMILES string of the molecule is O=C(Nc1ccn[nH]1)c1csc(-c2ccc(Cl)s2)n1. The minimum Gasteiger partial charge on any atom is -0.306 e. The molecule has 8 heteroatoms. The largest absolute Gasteiger partial charge is 0.306 e. The van der Waals surface area contributed by atoms with Crippen LogP contribution in [0, 0.1) is 0 Å². The van der Waals surface area contributed by atoms with Crippen molar-refractivity contribution in [1.82, 2.24) is 15.2 Å². The Labute approximate surface area is 121 Å². The normalized spacial score (nSPS) is 10.6. The molecule has 1 amide bonds. The van der Waals surface area contributed by atoms with E-state index >= 15 is 0 Å². The number of aromatic amines is 1. The van der Waals surface area contributed by atoms with Gasteiger partial charge < -0.3 is 5.32 Å². The van der Waals surface area contributed by atoms with Gasteiger partial charge in [0.25, 0.3) is 5.91 Å². The Morgan fingerprint density at radius 3 is 2.95 bits per heavy atom. The summed E-state index contributed by atoms with van der Waals surface area (Å²) in [5, 5.41) is 11.6. The maximum absolute atomic E-state index is 11.9. The zero-order chi connectivity index (χ0) is 13.2. The van der Waals surface area contributed by atoms with E-state index in [1.807, 2.05) is 12.1 Å². The van der Waals surface area contributed by atoms with Crippen molar-refractivity contribution in [2.45, 2.75) is 0 Å². The highest BCUT2D eigenvalue weighted by atomic mass is 35.5. The van der Waals surface area contributed by atoms with Crippen molar-refractivity contribution in [2.24, 2.45) is 0 Å². The van der Waals surface area contributed by atoms with Crippen LogP contribution >= 0.6 is 34.3 Å². The molecule has 0 saturated carbocycles. The van der Waals surface area contributed by atoms with E-state index in [0.717, 1.165) is 9.88 Å². The van der Waals surface area contributed by atoms with Gasteiger partial charge in [-0.3, -0.25) is 9.89 Å². The standard InChI is InChI=1S/C11H7ClN4OS2/c12-8-2-1-7(19-8)11-14-6(5-18-11)10(17)15-9-3-4-13-16-9/h1-5H,(H2,13,15,16,17). The summed E-state index contributed by atoms with van der Waals surface area (Å²) in [5.74, 6) is 0.271. The molecule has 0 aliphatic rings. The van der Waals surface area contributed by atoms with Gasteiger partial charge in [0, 0.05) is 11.4 Å². The van der Waals surface area contributed by atoms with Crippen molar-refractivity contribution >= 4 is 46.0 Å². The summed E-state index contributed by atoms with van der Waals surface area (Å²) in [6.07, 6.45) is 1.57. The maximum atomic E-state index is 11.9. The van der Waals surface area contributed by atoms with Crippen molar-refractivity contribution in [1.29, 1.82) is 0 Å². The average molecular weight is 311 g/mol. The van der Waals surface area contributed by atoms with Crippen LogP contribution in [-0.2, 0) is 0 Å². The lowest BCUT2D eigenvalue weighted by Crippen LogP contribution is -2.12. The minimum absolute atomic E-state index is 0.269. The molecule has 0 bridgehead atoms. The van der Waals surface area contributed by atoms with Gasteiger partial charge in [0.15, 0.2) is 0 Å². The Hall–Kier alpha value is -1.70. The van der Waals surface area contributed by atoms with E-state index in [1.165, 1.54) is 22.7 Å². The average Bonchev–Trinajstić information content (AvgIpc) is 3.07. The fourth-order valence-corrected chi connectivity index (χ4v) is 3.35. The van der Waals surface area contributed by atoms with Gasteiger partial charge in [0.1, 0.15) is 16.5 Å². The number of aromatic nitrogens is 3. The molecule has 5 nitrogen and oxygen atoms in total. The number of anilines is 1. The number of H-pyrrole nitrogens is 1. The third kappa shape index (κ3) is 2.67. The number of hydrogen-bond acceptors (Lipinski definition) is 5. The number of carbonyl (C=O) groups excluding carboxylic acids is 1. The predicted octanol–water partition coefficient (Wildman–Crippen LogP) is 3.50. The number of thiophene rings is 1. The number of rotatable bonds is 3. The maximum Gasteiger partial charge on any atom is 0.276 e. The number of thiazole rings is 1. The summed E-state index contributed by atoms with van der Waals surface area (Å²) in [6, 6.07) is 5.37. The van der Waals surface area contributed by atoms with Crippen LogP contribution in [0.15, 0.2) is 29.8 Å². The number of nitrogens with one attached hydrogen (secondary N) is 2. The molecule has 0 fully saturated rings. The first kappa shape index (κ1) is 12.3.